The molecule has 0 aromatic heterocycles. The van der Waals surface area contributed by atoms with E-state index in [-0.39, 0.29) is 5.41 Å². The third-order valence-corrected chi connectivity index (χ3v) is 12.8. The molecule has 7 atom stereocenters. The molecule has 1 saturated heterocycles. The van der Waals surface area contributed by atoms with Crippen LogP contribution >= 0.6 is 0 Å². The normalized spacial score (nSPS) is 51.9. The van der Waals surface area contributed by atoms with Crippen molar-refractivity contribution >= 4 is 0 Å². The number of aliphatic hydroxyl groups is 1. The van der Waals surface area contributed by atoms with Gasteiger partial charge >= 0.3 is 0 Å². The standard InChI is InChI=1S/C30H51NO/c1-25(2)12-14-30(20-32)15-13-28(6)21(22(30)18-25)8-9-24-27(5)16-17-31-19-26(3,4)23(27)10-11-29(24,28)7/h8,22-24,31-32H,9-20H2,1-7H3/t22-,23-,24+,27-,28+,29+,30+/m0/s1. The molecule has 2 N–H and O–H groups in total. The lowest BCUT2D eigenvalue weighted by Crippen LogP contribution is -2.62. The molecule has 4 aliphatic carbocycles. The first-order chi connectivity index (χ1) is 14.8. The number of hydrogen-bond acceptors (Lipinski definition) is 2. The Balaban J connectivity index is 1.59. The molecule has 32 heavy (non-hydrogen) atoms. The molecule has 0 aromatic rings. The Hall–Kier alpha value is -0.340. The molecule has 3 saturated carbocycles. The molecule has 0 aromatic carbocycles. The maximum absolute atomic E-state index is 10.7. The van der Waals surface area contributed by atoms with E-state index in [2.05, 4.69) is 59.9 Å². The van der Waals surface area contributed by atoms with Crippen molar-refractivity contribution in [1.29, 1.82) is 0 Å². The maximum atomic E-state index is 10.7. The smallest absolute Gasteiger partial charge is 0.0493 e. The van der Waals surface area contributed by atoms with Crippen molar-refractivity contribution in [2.45, 2.75) is 106 Å². The van der Waals surface area contributed by atoms with Crippen LogP contribution in [0.1, 0.15) is 106 Å². The number of fused-ring (bicyclic) bond motifs is 7. The van der Waals surface area contributed by atoms with Gasteiger partial charge in [0.05, 0.1) is 0 Å². The molecule has 5 rings (SSSR count). The van der Waals surface area contributed by atoms with Crippen molar-refractivity contribution in [3.63, 3.8) is 0 Å². The van der Waals surface area contributed by atoms with Crippen molar-refractivity contribution in [2.75, 3.05) is 19.7 Å². The fraction of sp³-hybridized carbons (Fsp3) is 0.933. The van der Waals surface area contributed by atoms with E-state index in [0.29, 0.717) is 39.6 Å². The molecule has 4 fully saturated rings. The topological polar surface area (TPSA) is 32.3 Å². The zero-order valence-corrected chi connectivity index (χ0v) is 22.2. The van der Waals surface area contributed by atoms with Crippen molar-refractivity contribution in [3.8, 4) is 0 Å². The lowest BCUT2D eigenvalue weighted by atomic mass is 9.35. The molecule has 182 valence electrons. The molecule has 1 heterocycles. The summed E-state index contributed by atoms with van der Waals surface area (Å²) in [7, 11) is 0. The van der Waals surface area contributed by atoms with Crippen molar-refractivity contribution in [3.05, 3.63) is 11.6 Å². The van der Waals surface area contributed by atoms with Crippen LogP contribution in [-0.4, -0.2) is 24.8 Å². The lowest BCUT2D eigenvalue weighted by molar-refractivity contribution is -0.166. The molecule has 0 bridgehead atoms. The van der Waals surface area contributed by atoms with Crippen LogP contribution in [0.2, 0.25) is 0 Å². The zero-order chi connectivity index (χ0) is 23.2. The predicted molar refractivity (Wildman–Crippen MR) is 134 cm³/mol. The average Bonchev–Trinajstić information content (AvgIpc) is 2.83. The predicted octanol–water partition coefficient (Wildman–Crippen LogP) is 6.98. The zero-order valence-electron chi connectivity index (χ0n) is 22.2. The summed E-state index contributed by atoms with van der Waals surface area (Å²) in [6.07, 6.45) is 14.4. The Bertz CT molecular complexity index is 797. The summed E-state index contributed by atoms with van der Waals surface area (Å²) in [5.41, 5.74) is 3.81. The highest BCUT2D eigenvalue weighted by atomic mass is 16.3. The molecule has 1 aliphatic heterocycles. The van der Waals surface area contributed by atoms with Crippen LogP contribution in [0.15, 0.2) is 11.6 Å². The summed E-state index contributed by atoms with van der Waals surface area (Å²) in [6, 6.07) is 0. The Morgan fingerprint density at radius 1 is 0.906 bits per heavy atom. The summed E-state index contributed by atoms with van der Waals surface area (Å²) in [4.78, 5) is 0. The SMILES string of the molecule is CC1(C)CC[C@]2(CO)CC[C@]3(C)C(=CC[C@@H]4[C@@]5(C)CCNCC(C)(C)[C@@H]5CC[C@]43C)[C@@H]2C1. The van der Waals surface area contributed by atoms with Gasteiger partial charge in [0.2, 0.25) is 0 Å². The van der Waals surface area contributed by atoms with Gasteiger partial charge in [-0.3, -0.25) is 0 Å². The maximum Gasteiger partial charge on any atom is 0.0493 e. The second-order valence-electron chi connectivity index (χ2n) is 15.2. The summed E-state index contributed by atoms with van der Waals surface area (Å²) >= 11 is 0. The Labute approximate surface area is 198 Å². The van der Waals surface area contributed by atoms with Crippen LogP contribution in [0.4, 0.5) is 0 Å². The molecule has 0 amide bonds. The highest BCUT2D eigenvalue weighted by Gasteiger charge is 2.67. The first-order valence-corrected chi connectivity index (χ1v) is 13.9. The first-order valence-electron chi connectivity index (χ1n) is 13.9. The van der Waals surface area contributed by atoms with Gasteiger partial charge in [-0.15, -0.1) is 0 Å². The van der Waals surface area contributed by atoms with Gasteiger partial charge in [-0.25, -0.2) is 0 Å². The molecule has 0 spiro atoms. The second kappa shape index (κ2) is 7.09. The van der Waals surface area contributed by atoms with Gasteiger partial charge in [0, 0.05) is 18.6 Å². The third kappa shape index (κ3) is 2.96. The van der Waals surface area contributed by atoms with E-state index in [1.165, 1.54) is 70.9 Å². The van der Waals surface area contributed by atoms with Crippen molar-refractivity contribution in [2.24, 2.45) is 50.2 Å². The largest absolute Gasteiger partial charge is 0.396 e. The number of rotatable bonds is 1. The highest BCUT2D eigenvalue weighted by Crippen LogP contribution is 2.74. The van der Waals surface area contributed by atoms with E-state index in [0.717, 1.165) is 11.8 Å². The van der Waals surface area contributed by atoms with E-state index < -0.39 is 0 Å². The molecular formula is C30H51NO. The fourth-order valence-electron chi connectivity index (χ4n) is 10.5. The van der Waals surface area contributed by atoms with Gasteiger partial charge in [-0.05, 0) is 109 Å². The van der Waals surface area contributed by atoms with Crippen LogP contribution < -0.4 is 5.32 Å². The monoisotopic (exact) mass is 441 g/mol. The van der Waals surface area contributed by atoms with Crippen LogP contribution in [0.5, 0.6) is 0 Å². The number of aliphatic hydroxyl groups excluding tert-OH is 1. The second-order valence-corrected chi connectivity index (χ2v) is 15.2. The van der Waals surface area contributed by atoms with Crippen molar-refractivity contribution < 1.29 is 5.11 Å². The van der Waals surface area contributed by atoms with Crippen LogP contribution in [0.25, 0.3) is 0 Å². The summed E-state index contributed by atoms with van der Waals surface area (Å²) in [5.74, 6) is 2.18. The minimum Gasteiger partial charge on any atom is -0.396 e. The third-order valence-electron chi connectivity index (χ3n) is 12.8. The Kier molecular flexibility index (Phi) is 5.19. The van der Waals surface area contributed by atoms with E-state index in [1.54, 1.807) is 5.57 Å². The van der Waals surface area contributed by atoms with Crippen LogP contribution in [0.3, 0.4) is 0 Å². The summed E-state index contributed by atoms with van der Waals surface area (Å²) in [5, 5.41) is 14.5. The number of allylic oxidation sites excluding steroid dienone is 2. The molecule has 0 radical (unpaired) electrons. The van der Waals surface area contributed by atoms with Gasteiger partial charge in [0.15, 0.2) is 0 Å². The minimum absolute atomic E-state index is 0.152. The average molecular weight is 442 g/mol. The van der Waals surface area contributed by atoms with Crippen LogP contribution in [-0.2, 0) is 0 Å². The van der Waals surface area contributed by atoms with Crippen molar-refractivity contribution in [1.82, 2.24) is 5.32 Å². The van der Waals surface area contributed by atoms with Gasteiger partial charge in [0.25, 0.3) is 0 Å². The lowest BCUT2D eigenvalue weighted by Gasteiger charge is -2.70. The van der Waals surface area contributed by atoms with Gasteiger partial charge in [-0.1, -0.05) is 60.1 Å². The van der Waals surface area contributed by atoms with E-state index in [1.807, 2.05) is 0 Å². The summed E-state index contributed by atoms with van der Waals surface area (Å²) < 4.78 is 0. The van der Waals surface area contributed by atoms with Gasteiger partial charge in [0.1, 0.15) is 0 Å². The minimum atomic E-state index is 0.152. The Morgan fingerprint density at radius 2 is 1.62 bits per heavy atom. The molecule has 5 aliphatic rings. The van der Waals surface area contributed by atoms with Gasteiger partial charge in [-0.2, -0.15) is 0 Å². The molecular weight excluding hydrogens is 390 g/mol. The highest BCUT2D eigenvalue weighted by molar-refractivity contribution is 5.33. The van der Waals surface area contributed by atoms with Gasteiger partial charge < -0.3 is 10.4 Å². The first kappa shape index (κ1) is 23.4. The summed E-state index contributed by atoms with van der Waals surface area (Å²) in [6.45, 7) is 20.8. The number of nitrogens with one attached hydrogen (secondary N) is 1. The molecule has 2 heteroatoms. The fourth-order valence-corrected chi connectivity index (χ4v) is 10.5. The number of hydrogen-bond donors (Lipinski definition) is 2. The molecule has 0 unspecified atom stereocenters. The van der Waals surface area contributed by atoms with E-state index >= 15 is 0 Å². The quantitative estimate of drug-likeness (QED) is 0.430. The Morgan fingerprint density at radius 3 is 2.34 bits per heavy atom. The molecule has 2 nitrogen and oxygen atoms in total. The van der Waals surface area contributed by atoms with E-state index in [4.69, 9.17) is 0 Å². The van der Waals surface area contributed by atoms with E-state index in [9.17, 15) is 5.11 Å². The van der Waals surface area contributed by atoms with Crippen LogP contribution in [0, 0.1) is 50.2 Å².